The summed E-state index contributed by atoms with van der Waals surface area (Å²) in [5.74, 6) is 0.555. The molecule has 0 aliphatic rings. The number of para-hydroxylation sites is 1. The predicted molar refractivity (Wildman–Crippen MR) is 116 cm³/mol. The molecule has 0 unspecified atom stereocenters. The lowest BCUT2D eigenvalue weighted by Gasteiger charge is -2.08. The normalized spacial score (nSPS) is 10.6. The third-order valence-corrected chi connectivity index (χ3v) is 4.70. The molecule has 4 rings (SSSR count). The lowest BCUT2D eigenvalue weighted by molar-refractivity contribution is 0.0946. The number of methoxy groups -OCH3 is 1. The van der Waals surface area contributed by atoms with Gasteiger partial charge in [-0.2, -0.15) is 5.10 Å². The van der Waals surface area contributed by atoms with Crippen LogP contribution in [0.5, 0.6) is 5.75 Å². The maximum absolute atomic E-state index is 13.0. The van der Waals surface area contributed by atoms with Crippen molar-refractivity contribution in [2.24, 2.45) is 0 Å². The zero-order chi connectivity index (χ0) is 20.8. The van der Waals surface area contributed by atoms with Crippen LogP contribution in [0, 0.1) is 0 Å². The molecule has 0 radical (unpaired) electrons. The number of benzene rings is 2. The maximum Gasteiger partial charge on any atom is 0.270 e. The first-order valence-corrected chi connectivity index (χ1v) is 9.72. The molecule has 6 nitrogen and oxygen atoms in total. The van der Waals surface area contributed by atoms with Gasteiger partial charge in [0.05, 0.1) is 18.5 Å². The van der Waals surface area contributed by atoms with Crippen molar-refractivity contribution in [2.45, 2.75) is 6.42 Å². The minimum Gasteiger partial charge on any atom is -0.497 e. The fraction of sp³-hybridized carbons (Fsp3) is 0.125. The minimum atomic E-state index is -0.184. The predicted octanol–water partition coefficient (Wildman–Crippen LogP) is 3.92. The number of carbonyl (C=O) groups excluding carboxylic acids is 1. The first-order valence-electron chi connectivity index (χ1n) is 9.72. The molecule has 0 aliphatic heterocycles. The van der Waals surface area contributed by atoms with Crippen LogP contribution in [-0.2, 0) is 6.42 Å². The Labute approximate surface area is 175 Å². The van der Waals surface area contributed by atoms with Crippen LogP contribution in [0.3, 0.4) is 0 Å². The molecule has 30 heavy (non-hydrogen) atoms. The van der Waals surface area contributed by atoms with Gasteiger partial charge < -0.3 is 10.1 Å². The van der Waals surface area contributed by atoms with Gasteiger partial charge in [-0.05, 0) is 42.5 Å². The molecule has 0 bridgehead atoms. The van der Waals surface area contributed by atoms with Crippen LogP contribution in [0.2, 0.25) is 0 Å². The lowest BCUT2D eigenvalue weighted by atomic mass is 10.1. The number of amides is 1. The van der Waals surface area contributed by atoms with E-state index in [1.807, 2.05) is 72.8 Å². The smallest absolute Gasteiger partial charge is 0.270 e. The fourth-order valence-electron chi connectivity index (χ4n) is 3.17. The van der Waals surface area contributed by atoms with Gasteiger partial charge in [0.15, 0.2) is 0 Å². The average Bonchev–Trinajstić information content (AvgIpc) is 3.26. The number of pyridine rings is 1. The molecule has 6 heteroatoms. The molecule has 1 amide bonds. The van der Waals surface area contributed by atoms with Gasteiger partial charge in [0.1, 0.15) is 11.4 Å². The molecular formula is C24H22N4O2. The number of ether oxygens (including phenoxy) is 1. The van der Waals surface area contributed by atoms with Gasteiger partial charge >= 0.3 is 0 Å². The summed E-state index contributed by atoms with van der Waals surface area (Å²) in [5.41, 5.74) is 3.81. The summed E-state index contributed by atoms with van der Waals surface area (Å²) in [6.45, 7) is 0.490. The van der Waals surface area contributed by atoms with E-state index in [1.165, 1.54) is 0 Å². The van der Waals surface area contributed by atoms with Crippen LogP contribution in [0.25, 0.3) is 16.9 Å². The molecule has 0 saturated heterocycles. The second kappa shape index (κ2) is 9.05. The van der Waals surface area contributed by atoms with Crippen LogP contribution in [-0.4, -0.2) is 34.3 Å². The van der Waals surface area contributed by atoms with E-state index in [4.69, 9.17) is 9.84 Å². The Morgan fingerprint density at radius 3 is 2.60 bits per heavy atom. The van der Waals surface area contributed by atoms with Crippen molar-refractivity contribution in [2.75, 3.05) is 13.7 Å². The second-order valence-corrected chi connectivity index (χ2v) is 6.72. The number of nitrogens with zero attached hydrogens (tertiary/aromatic N) is 3. The van der Waals surface area contributed by atoms with Crippen LogP contribution >= 0.6 is 0 Å². The molecule has 1 N–H and O–H groups in total. The Hall–Kier alpha value is -3.93. The summed E-state index contributed by atoms with van der Waals surface area (Å²) in [7, 11) is 1.63. The van der Waals surface area contributed by atoms with Crippen molar-refractivity contribution >= 4 is 5.91 Å². The van der Waals surface area contributed by atoms with Crippen LogP contribution in [0.1, 0.15) is 16.2 Å². The Morgan fingerprint density at radius 2 is 1.83 bits per heavy atom. The van der Waals surface area contributed by atoms with Crippen molar-refractivity contribution < 1.29 is 9.53 Å². The van der Waals surface area contributed by atoms with Gasteiger partial charge in [0, 0.05) is 30.4 Å². The van der Waals surface area contributed by atoms with E-state index in [2.05, 4.69) is 10.3 Å². The van der Waals surface area contributed by atoms with E-state index in [9.17, 15) is 4.79 Å². The summed E-state index contributed by atoms with van der Waals surface area (Å²) in [5, 5.41) is 7.68. The first kappa shape index (κ1) is 19.4. The standard InChI is InChI=1S/C24H22N4O2/c1-30-21-12-7-8-18(16-21)22-17-23(28(27-22)20-10-3-2-4-11-20)24(29)26-15-13-19-9-5-6-14-25-19/h2-12,14,16-17H,13,15H2,1H3,(H,26,29). The molecule has 0 saturated carbocycles. The highest BCUT2D eigenvalue weighted by Gasteiger charge is 2.17. The molecule has 0 spiro atoms. The number of rotatable bonds is 7. The summed E-state index contributed by atoms with van der Waals surface area (Å²) in [4.78, 5) is 17.3. The topological polar surface area (TPSA) is 69.0 Å². The molecule has 0 fully saturated rings. The van der Waals surface area contributed by atoms with E-state index >= 15 is 0 Å². The zero-order valence-corrected chi connectivity index (χ0v) is 16.7. The number of nitrogens with one attached hydrogen (secondary N) is 1. The highest BCUT2D eigenvalue weighted by atomic mass is 16.5. The molecule has 150 valence electrons. The van der Waals surface area contributed by atoms with Crippen LogP contribution in [0.15, 0.2) is 85.1 Å². The van der Waals surface area contributed by atoms with E-state index in [0.29, 0.717) is 24.4 Å². The number of carbonyl (C=O) groups is 1. The Morgan fingerprint density at radius 1 is 1.00 bits per heavy atom. The largest absolute Gasteiger partial charge is 0.497 e. The van der Waals surface area contributed by atoms with Crippen molar-refractivity contribution in [1.29, 1.82) is 0 Å². The summed E-state index contributed by atoms with van der Waals surface area (Å²) in [6.07, 6.45) is 2.41. The van der Waals surface area contributed by atoms with Crippen LogP contribution in [0.4, 0.5) is 0 Å². The van der Waals surface area contributed by atoms with Crippen LogP contribution < -0.4 is 10.1 Å². The molecular weight excluding hydrogens is 376 g/mol. The third-order valence-electron chi connectivity index (χ3n) is 4.70. The second-order valence-electron chi connectivity index (χ2n) is 6.72. The van der Waals surface area contributed by atoms with Crippen molar-refractivity contribution in [3.63, 3.8) is 0 Å². The zero-order valence-electron chi connectivity index (χ0n) is 16.7. The highest BCUT2D eigenvalue weighted by molar-refractivity contribution is 5.94. The van der Waals surface area contributed by atoms with E-state index < -0.39 is 0 Å². The molecule has 0 aliphatic carbocycles. The lowest BCUT2D eigenvalue weighted by Crippen LogP contribution is -2.28. The van der Waals surface area contributed by atoms with E-state index in [1.54, 1.807) is 24.1 Å². The Kier molecular flexibility index (Phi) is 5.85. The molecule has 2 aromatic carbocycles. The number of hydrogen-bond acceptors (Lipinski definition) is 4. The van der Waals surface area contributed by atoms with Gasteiger partial charge in [0.2, 0.25) is 0 Å². The van der Waals surface area contributed by atoms with Crippen molar-refractivity contribution in [3.8, 4) is 22.7 Å². The van der Waals surface area contributed by atoms with E-state index in [0.717, 1.165) is 22.7 Å². The summed E-state index contributed by atoms with van der Waals surface area (Å²) in [6, 6.07) is 24.8. The molecule has 2 heterocycles. The van der Waals surface area contributed by atoms with Gasteiger partial charge in [-0.15, -0.1) is 0 Å². The van der Waals surface area contributed by atoms with Crippen molar-refractivity contribution in [3.05, 3.63) is 96.4 Å². The van der Waals surface area contributed by atoms with Gasteiger partial charge in [-0.25, -0.2) is 4.68 Å². The molecule has 0 atom stereocenters. The average molecular weight is 398 g/mol. The highest BCUT2D eigenvalue weighted by Crippen LogP contribution is 2.25. The van der Waals surface area contributed by atoms with Crippen molar-refractivity contribution in [1.82, 2.24) is 20.1 Å². The summed E-state index contributed by atoms with van der Waals surface area (Å²) >= 11 is 0. The maximum atomic E-state index is 13.0. The number of aromatic nitrogens is 3. The Bertz CT molecular complexity index is 1120. The SMILES string of the molecule is COc1cccc(-c2cc(C(=O)NCCc3ccccn3)n(-c3ccccc3)n2)c1. The monoisotopic (exact) mass is 398 g/mol. The van der Waals surface area contributed by atoms with Gasteiger partial charge in [-0.1, -0.05) is 36.4 Å². The molecule has 2 aromatic heterocycles. The van der Waals surface area contributed by atoms with Gasteiger partial charge in [0.25, 0.3) is 5.91 Å². The Balaban J connectivity index is 1.61. The minimum absolute atomic E-state index is 0.184. The number of hydrogen-bond donors (Lipinski definition) is 1. The fourth-order valence-corrected chi connectivity index (χ4v) is 3.17. The van der Waals surface area contributed by atoms with Gasteiger partial charge in [-0.3, -0.25) is 9.78 Å². The summed E-state index contributed by atoms with van der Waals surface area (Å²) < 4.78 is 6.99. The third kappa shape index (κ3) is 4.38. The first-order chi connectivity index (χ1) is 14.7. The van der Waals surface area contributed by atoms with E-state index in [-0.39, 0.29) is 5.91 Å². The molecule has 4 aromatic rings. The quantitative estimate of drug-likeness (QED) is 0.512.